The Kier molecular flexibility index (Phi) is 5.16. The van der Waals surface area contributed by atoms with Crippen LogP contribution in [-0.4, -0.2) is 0 Å². The van der Waals surface area contributed by atoms with Crippen LogP contribution in [0.2, 0.25) is 5.02 Å². The molecule has 0 unspecified atom stereocenters. The van der Waals surface area contributed by atoms with Crippen molar-refractivity contribution < 1.29 is 0 Å². The van der Waals surface area contributed by atoms with Gasteiger partial charge >= 0.3 is 0 Å². The van der Waals surface area contributed by atoms with Gasteiger partial charge in [0.25, 0.3) is 0 Å². The molecule has 23 heavy (non-hydrogen) atoms. The standard InChI is InChI=1S/C18H20ClN3S/c1-13-12-23-22(21-13)18-10-15(8-9-17(18)19)11-20-14(2)16-6-4-3-5-7-16/h3-10,12,14,20-21H,11H2,1-2H3/t14-/m1/s1. The largest absolute Gasteiger partial charge is 0.306 e. The molecule has 3 nitrogen and oxygen atoms in total. The van der Waals surface area contributed by atoms with Crippen LogP contribution in [0.15, 0.2) is 59.6 Å². The van der Waals surface area contributed by atoms with E-state index in [4.69, 9.17) is 11.6 Å². The maximum Gasteiger partial charge on any atom is 0.0893 e. The highest BCUT2D eigenvalue weighted by Crippen LogP contribution is 2.33. The molecule has 2 N–H and O–H groups in total. The van der Waals surface area contributed by atoms with Gasteiger partial charge in [-0.05, 0) is 37.1 Å². The molecule has 0 radical (unpaired) electrons. The summed E-state index contributed by atoms with van der Waals surface area (Å²) in [6.07, 6.45) is 0. The first kappa shape index (κ1) is 16.2. The van der Waals surface area contributed by atoms with Crippen LogP contribution in [0.25, 0.3) is 0 Å². The zero-order chi connectivity index (χ0) is 16.2. The van der Waals surface area contributed by atoms with Crippen molar-refractivity contribution >= 4 is 29.2 Å². The third kappa shape index (κ3) is 4.02. The molecule has 1 heterocycles. The second-order valence-electron chi connectivity index (χ2n) is 5.61. The molecule has 0 aromatic heterocycles. The summed E-state index contributed by atoms with van der Waals surface area (Å²) in [6, 6.07) is 16.9. The van der Waals surface area contributed by atoms with Gasteiger partial charge in [-0.2, -0.15) is 0 Å². The third-order valence-electron chi connectivity index (χ3n) is 3.75. The first-order chi connectivity index (χ1) is 11.1. The molecule has 1 aliphatic heterocycles. The Morgan fingerprint density at radius 3 is 2.70 bits per heavy atom. The average Bonchev–Trinajstić information content (AvgIpc) is 3.01. The molecule has 0 aliphatic carbocycles. The Morgan fingerprint density at radius 1 is 1.22 bits per heavy atom. The fourth-order valence-corrected chi connectivity index (χ4v) is 3.45. The van der Waals surface area contributed by atoms with Crippen LogP contribution in [-0.2, 0) is 6.54 Å². The molecule has 0 amide bonds. The molecule has 0 saturated heterocycles. The second kappa shape index (κ2) is 7.30. The summed E-state index contributed by atoms with van der Waals surface area (Å²) in [5.74, 6) is 0. The summed E-state index contributed by atoms with van der Waals surface area (Å²) >= 11 is 7.95. The highest BCUT2D eigenvalue weighted by molar-refractivity contribution is 8.03. The monoisotopic (exact) mass is 345 g/mol. The van der Waals surface area contributed by atoms with E-state index in [1.54, 1.807) is 11.9 Å². The van der Waals surface area contributed by atoms with E-state index in [1.807, 2.05) is 23.5 Å². The van der Waals surface area contributed by atoms with Crippen molar-refractivity contribution in [3.63, 3.8) is 0 Å². The number of benzene rings is 2. The Labute approximate surface area is 146 Å². The SMILES string of the molecule is CC1=CSN(c2cc(CN[C@H](C)c3ccccc3)ccc2Cl)N1. The molecular formula is C18H20ClN3S. The van der Waals surface area contributed by atoms with Gasteiger partial charge in [0.2, 0.25) is 0 Å². The summed E-state index contributed by atoms with van der Waals surface area (Å²) in [7, 11) is 0. The molecule has 5 heteroatoms. The van der Waals surface area contributed by atoms with E-state index in [0.717, 1.165) is 23.0 Å². The normalized spacial score (nSPS) is 15.3. The van der Waals surface area contributed by atoms with Crippen LogP contribution in [0.5, 0.6) is 0 Å². The molecule has 120 valence electrons. The maximum atomic E-state index is 6.34. The maximum absolute atomic E-state index is 6.34. The van der Waals surface area contributed by atoms with E-state index >= 15 is 0 Å². The smallest absolute Gasteiger partial charge is 0.0893 e. The van der Waals surface area contributed by atoms with Gasteiger partial charge in [-0.25, -0.2) is 4.41 Å². The first-order valence-corrected chi connectivity index (χ1v) is 8.82. The summed E-state index contributed by atoms with van der Waals surface area (Å²) in [5, 5.41) is 6.37. The van der Waals surface area contributed by atoms with Crippen LogP contribution in [0.4, 0.5) is 5.69 Å². The summed E-state index contributed by atoms with van der Waals surface area (Å²) in [5.41, 5.74) is 7.88. The third-order valence-corrected chi connectivity index (χ3v) is 5.03. The molecule has 0 saturated carbocycles. The molecule has 0 spiro atoms. The number of nitrogens with one attached hydrogen (secondary N) is 2. The molecule has 1 aliphatic rings. The number of halogens is 1. The molecule has 3 rings (SSSR count). The zero-order valence-corrected chi connectivity index (χ0v) is 14.8. The lowest BCUT2D eigenvalue weighted by molar-refractivity contribution is 0.575. The lowest BCUT2D eigenvalue weighted by Crippen LogP contribution is -2.26. The minimum Gasteiger partial charge on any atom is -0.306 e. The minimum absolute atomic E-state index is 0.304. The van der Waals surface area contributed by atoms with Crippen LogP contribution < -0.4 is 15.2 Å². The van der Waals surface area contributed by atoms with E-state index in [0.29, 0.717) is 6.04 Å². The molecule has 1 atom stereocenters. The number of hydrogen-bond donors (Lipinski definition) is 2. The van der Waals surface area contributed by atoms with E-state index in [2.05, 4.69) is 59.5 Å². The van der Waals surface area contributed by atoms with Gasteiger partial charge in [-0.15, -0.1) is 0 Å². The number of allylic oxidation sites excluding steroid dienone is 1. The van der Waals surface area contributed by atoms with E-state index < -0.39 is 0 Å². The quantitative estimate of drug-likeness (QED) is 0.743. The lowest BCUT2D eigenvalue weighted by Gasteiger charge is -2.20. The summed E-state index contributed by atoms with van der Waals surface area (Å²) < 4.78 is 1.99. The molecule has 0 bridgehead atoms. The van der Waals surface area contributed by atoms with Crippen molar-refractivity contribution in [1.29, 1.82) is 0 Å². The van der Waals surface area contributed by atoms with Gasteiger partial charge in [0.15, 0.2) is 0 Å². The first-order valence-electron chi connectivity index (χ1n) is 7.60. The van der Waals surface area contributed by atoms with Gasteiger partial charge in [-0.3, -0.25) is 5.43 Å². The van der Waals surface area contributed by atoms with Gasteiger partial charge in [0, 0.05) is 35.6 Å². The van der Waals surface area contributed by atoms with Crippen LogP contribution in [0.1, 0.15) is 31.0 Å². The van der Waals surface area contributed by atoms with Crippen molar-refractivity contribution in [2.75, 3.05) is 4.41 Å². The van der Waals surface area contributed by atoms with Crippen molar-refractivity contribution in [2.24, 2.45) is 0 Å². The molecule has 0 fully saturated rings. The number of nitrogens with zero attached hydrogens (tertiary/aromatic N) is 1. The van der Waals surface area contributed by atoms with Gasteiger partial charge < -0.3 is 5.32 Å². The van der Waals surface area contributed by atoms with Gasteiger partial charge in [0.05, 0.1) is 10.7 Å². The molecular weight excluding hydrogens is 326 g/mol. The zero-order valence-electron chi connectivity index (χ0n) is 13.2. The number of hydrogen-bond acceptors (Lipinski definition) is 4. The van der Waals surface area contributed by atoms with E-state index in [9.17, 15) is 0 Å². The fraction of sp³-hybridized carbons (Fsp3) is 0.222. The Hall–Kier alpha value is -1.62. The Morgan fingerprint density at radius 2 is 2.00 bits per heavy atom. The summed E-state index contributed by atoms with van der Waals surface area (Å²) in [4.78, 5) is 0. The van der Waals surface area contributed by atoms with Crippen LogP contribution in [0.3, 0.4) is 0 Å². The predicted octanol–water partition coefficient (Wildman–Crippen LogP) is 5.02. The van der Waals surface area contributed by atoms with Crippen LogP contribution in [0, 0.1) is 0 Å². The van der Waals surface area contributed by atoms with Crippen molar-refractivity contribution in [3.05, 3.63) is 75.8 Å². The predicted molar refractivity (Wildman–Crippen MR) is 100 cm³/mol. The number of anilines is 1. The second-order valence-corrected chi connectivity index (χ2v) is 6.83. The van der Waals surface area contributed by atoms with E-state index in [1.165, 1.54) is 11.1 Å². The number of hydrazine groups is 1. The highest BCUT2D eigenvalue weighted by Gasteiger charge is 2.16. The summed E-state index contributed by atoms with van der Waals surface area (Å²) in [6.45, 7) is 5.01. The molecule has 2 aromatic rings. The fourth-order valence-electron chi connectivity index (χ4n) is 2.42. The average molecular weight is 346 g/mol. The van der Waals surface area contributed by atoms with Crippen molar-refractivity contribution in [2.45, 2.75) is 26.4 Å². The molecule has 2 aromatic carbocycles. The van der Waals surface area contributed by atoms with E-state index in [-0.39, 0.29) is 0 Å². The Bertz CT molecular complexity index is 703. The lowest BCUT2D eigenvalue weighted by atomic mass is 10.1. The van der Waals surface area contributed by atoms with Crippen molar-refractivity contribution in [1.82, 2.24) is 10.7 Å². The highest BCUT2D eigenvalue weighted by atomic mass is 35.5. The van der Waals surface area contributed by atoms with Crippen LogP contribution >= 0.6 is 23.5 Å². The van der Waals surface area contributed by atoms with Gasteiger partial charge in [0.1, 0.15) is 0 Å². The number of rotatable bonds is 5. The van der Waals surface area contributed by atoms with Gasteiger partial charge in [-0.1, -0.05) is 48.0 Å². The topological polar surface area (TPSA) is 27.3 Å². The van der Waals surface area contributed by atoms with Crippen molar-refractivity contribution in [3.8, 4) is 0 Å². The minimum atomic E-state index is 0.304. The Balaban J connectivity index is 1.67.